The Labute approximate surface area is 192 Å². The van der Waals surface area contributed by atoms with Gasteiger partial charge in [0.25, 0.3) is 5.79 Å². The number of esters is 1. The molecule has 0 aromatic heterocycles. The zero-order valence-corrected chi connectivity index (χ0v) is 19.3. The fraction of sp³-hybridized carbons (Fsp3) is 0.636. The minimum atomic E-state index is -2.11. The van der Waals surface area contributed by atoms with Crippen LogP contribution < -0.4 is 11.1 Å². The standard InChI is InChI=1S/C22H34N2O9/c1-21(2,3)33-20(29)24-16-14(25)10-22(19(28)30-4,31-12-13-8-6-5-7-9-13)32-18(16)17(27)15(26)11-23/h5-9,14-18,25-27H,10-12,23H2,1-4H3,(H,24,29)/t14?,15-,16?,17-,18?,22?/m1/s1. The second kappa shape index (κ2) is 11.2. The molecule has 0 bridgehead atoms. The Morgan fingerprint density at radius 1 is 1.27 bits per heavy atom. The molecular formula is C22H34N2O9. The van der Waals surface area contributed by atoms with Crippen molar-refractivity contribution in [1.29, 1.82) is 0 Å². The molecule has 2 rings (SSSR count). The van der Waals surface area contributed by atoms with E-state index < -0.39 is 60.3 Å². The summed E-state index contributed by atoms with van der Waals surface area (Å²) in [5, 5.41) is 34.2. The maximum atomic E-state index is 12.7. The molecule has 11 heteroatoms. The summed E-state index contributed by atoms with van der Waals surface area (Å²) in [6.07, 6.45) is -7.40. The number of amides is 1. The number of benzene rings is 1. The minimum Gasteiger partial charge on any atom is -0.465 e. The maximum absolute atomic E-state index is 12.7. The quantitative estimate of drug-likeness (QED) is 0.321. The van der Waals surface area contributed by atoms with Crippen molar-refractivity contribution >= 4 is 12.1 Å². The van der Waals surface area contributed by atoms with Crippen LogP contribution in [0.4, 0.5) is 4.79 Å². The third-order valence-electron chi connectivity index (χ3n) is 5.04. The van der Waals surface area contributed by atoms with Gasteiger partial charge in [0.2, 0.25) is 0 Å². The number of aliphatic hydroxyl groups is 3. The molecule has 186 valence electrons. The van der Waals surface area contributed by atoms with E-state index in [1.54, 1.807) is 45.0 Å². The van der Waals surface area contributed by atoms with Crippen LogP contribution in [0.1, 0.15) is 32.8 Å². The van der Waals surface area contributed by atoms with E-state index in [0.717, 1.165) is 7.11 Å². The Hall–Kier alpha value is -2.28. The van der Waals surface area contributed by atoms with Gasteiger partial charge >= 0.3 is 12.1 Å². The SMILES string of the molecule is COC(=O)C1(OCc2ccccc2)CC(O)C(NC(=O)OC(C)(C)C)C([C@H](O)[C@H](O)CN)O1. The van der Waals surface area contributed by atoms with Gasteiger partial charge in [0.15, 0.2) is 0 Å². The van der Waals surface area contributed by atoms with Crippen molar-refractivity contribution in [3.8, 4) is 0 Å². The van der Waals surface area contributed by atoms with E-state index in [2.05, 4.69) is 5.32 Å². The summed E-state index contributed by atoms with van der Waals surface area (Å²) in [6, 6.07) is 7.65. The Morgan fingerprint density at radius 3 is 2.45 bits per heavy atom. The predicted molar refractivity (Wildman–Crippen MR) is 116 cm³/mol. The number of aliphatic hydroxyl groups excluding tert-OH is 3. The largest absolute Gasteiger partial charge is 0.465 e. The Kier molecular flexibility index (Phi) is 9.18. The highest BCUT2D eigenvalue weighted by molar-refractivity contribution is 5.78. The number of methoxy groups -OCH3 is 1. The molecule has 11 nitrogen and oxygen atoms in total. The van der Waals surface area contributed by atoms with Gasteiger partial charge in [-0.15, -0.1) is 0 Å². The van der Waals surface area contributed by atoms with Crippen molar-refractivity contribution in [2.45, 2.75) is 75.6 Å². The number of nitrogens with two attached hydrogens (primary N) is 1. The first-order chi connectivity index (χ1) is 15.4. The predicted octanol–water partition coefficient (Wildman–Crippen LogP) is -0.204. The average Bonchev–Trinajstić information content (AvgIpc) is 2.77. The first kappa shape index (κ1) is 27.0. The van der Waals surface area contributed by atoms with Crippen molar-refractivity contribution in [2.24, 2.45) is 5.73 Å². The van der Waals surface area contributed by atoms with Gasteiger partial charge in [0.1, 0.15) is 17.8 Å². The second-order valence-electron chi connectivity index (χ2n) is 8.84. The van der Waals surface area contributed by atoms with E-state index in [1.807, 2.05) is 6.07 Å². The Bertz CT molecular complexity index is 786. The van der Waals surface area contributed by atoms with Crippen LogP contribution in [0.25, 0.3) is 0 Å². The van der Waals surface area contributed by atoms with Gasteiger partial charge in [-0.3, -0.25) is 0 Å². The number of hydrogen-bond acceptors (Lipinski definition) is 10. The fourth-order valence-electron chi connectivity index (χ4n) is 3.44. The van der Waals surface area contributed by atoms with Crippen molar-refractivity contribution in [3.05, 3.63) is 35.9 Å². The molecule has 0 spiro atoms. The minimum absolute atomic E-state index is 0.0743. The van der Waals surface area contributed by atoms with E-state index >= 15 is 0 Å². The highest BCUT2D eigenvalue weighted by Crippen LogP contribution is 2.35. The lowest BCUT2D eigenvalue weighted by Gasteiger charge is -2.47. The third kappa shape index (κ3) is 7.10. The van der Waals surface area contributed by atoms with Crippen LogP contribution in [-0.4, -0.2) is 82.9 Å². The first-order valence-corrected chi connectivity index (χ1v) is 10.6. The molecule has 1 aromatic carbocycles. The molecule has 1 aromatic rings. The zero-order chi connectivity index (χ0) is 24.8. The third-order valence-corrected chi connectivity index (χ3v) is 5.04. The van der Waals surface area contributed by atoms with Gasteiger partial charge < -0.3 is 45.3 Å². The zero-order valence-electron chi connectivity index (χ0n) is 19.3. The number of nitrogens with one attached hydrogen (secondary N) is 1. The summed E-state index contributed by atoms with van der Waals surface area (Å²) < 4.78 is 21.7. The highest BCUT2D eigenvalue weighted by Gasteiger charge is 2.56. The van der Waals surface area contributed by atoms with E-state index in [1.165, 1.54) is 0 Å². The van der Waals surface area contributed by atoms with Crippen LogP contribution in [-0.2, 0) is 30.3 Å². The topological polar surface area (TPSA) is 170 Å². The van der Waals surface area contributed by atoms with Gasteiger partial charge in [0.05, 0.1) is 32.0 Å². The van der Waals surface area contributed by atoms with Crippen LogP contribution in [0, 0.1) is 0 Å². The molecule has 33 heavy (non-hydrogen) atoms. The number of hydrogen-bond donors (Lipinski definition) is 5. The summed E-state index contributed by atoms with van der Waals surface area (Å²) >= 11 is 0. The van der Waals surface area contributed by atoms with Crippen molar-refractivity contribution in [1.82, 2.24) is 5.32 Å². The Morgan fingerprint density at radius 2 is 1.91 bits per heavy atom. The van der Waals surface area contributed by atoms with Crippen LogP contribution in [0.15, 0.2) is 30.3 Å². The number of carbonyl (C=O) groups is 2. The number of alkyl carbamates (subject to hydrolysis) is 1. The summed E-state index contributed by atoms with van der Waals surface area (Å²) in [5.41, 5.74) is 5.35. The van der Waals surface area contributed by atoms with E-state index in [9.17, 15) is 24.9 Å². The van der Waals surface area contributed by atoms with Crippen LogP contribution in [0.2, 0.25) is 0 Å². The molecular weight excluding hydrogens is 436 g/mol. The van der Waals surface area contributed by atoms with Gasteiger partial charge in [-0.05, 0) is 26.3 Å². The summed E-state index contributed by atoms with van der Waals surface area (Å²) in [5.74, 6) is -3.07. The van der Waals surface area contributed by atoms with Crippen molar-refractivity contribution in [2.75, 3.05) is 13.7 Å². The lowest BCUT2D eigenvalue weighted by molar-refractivity contribution is -0.315. The van der Waals surface area contributed by atoms with Gasteiger partial charge in [0, 0.05) is 13.0 Å². The van der Waals surface area contributed by atoms with Crippen LogP contribution in [0.3, 0.4) is 0 Å². The molecule has 1 saturated heterocycles. The van der Waals surface area contributed by atoms with Crippen LogP contribution >= 0.6 is 0 Å². The Balaban J connectivity index is 2.35. The molecule has 1 amide bonds. The molecule has 4 unspecified atom stereocenters. The second-order valence-corrected chi connectivity index (χ2v) is 8.84. The molecule has 6 atom stereocenters. The van der Waals surface area contributed by atoms with Crippen molar-refractivity contribution in [3.63, 3.8) is 0 Å². The highest BCUT2D eigenvalue weighted by atomic mass is 16.7. The van der Waals surface area contributed by atoms with Crippen molar-refractivity contribution < 1.29 is 43.9 Å². The molecule has 0 saturated carbocycles. The normalized spacial score (nSPS) is 27.3. The number of ether oxygens (including phenoxy) is 4. The summed E-state index contributed by atoms with van der Waals surface area (Å²) in [6.45, 7) is 4.56. The summed E-state index contributed by atoms with van der Waals surface area (Å²) in [4.78, 5) is 25.1. The maximum Gasteiger partial charge on any atom is 0.408 e. The van der Waals surface area contributed by atoms with Gasteiger partial charge in [-0.1, -0.05) is 30.3 Å². The number of rotatable bonds is 8. The van der Waals surface area contributed by atoms with E-state index in [0.29, 0.717) is 5.56 Å². The first-order valence-electron chi connectivity index (χ1n) is 10.6. The number of carbonyl (C=O) groups excluding carboxylic acids is 2. The smallest absolute Gasteiger partial charge is 0.408 e. The lowest BCUT2D eigenvalue weighted by Crippen LogP contribution is -2.68. The van der Waals surface area contributed by atoms with Gasteiger partial charge in [-0.2, -0.15) is 0 Å². The molecule has 0 radical (unpaired) electrons. The van der Waals surface area contributed by atoms with E-state index in [-0.39, 0.29) is 13.2 Å². The average molecular weight is 471 g/mol. The lowest BCUT2D eigenvalue weighted by atomic mass is 9.88. The molecule has 1 aliphatic rings. The van der Waals surface area contributed by atoms with Crippen LogP contribution in [0.5, 0.6) is 0 Å². The summed E-state index contributed by atoms with van der Waals surface area (Å²) in [7, 11) is 1.12. The molecule has 1 heterocycles. The van der Waals surface area contributed by atoms with Gasteiger partial charge in [-0.25, -0.2) is 9.59 Å². The molecule has 1 fully saturated rings. The fourth-order valence-corrected chi connectivity index (χ4v) is 3.44. The molecule has 1 aliphatic heterocycles. The molecule has 6 N–H and O–H groups in total. The monoisotopic (exact) mass is 470 g/mol. The molecule has 0 aliphatic carbocycles. The van der Waals surface area contributed by atoms with E-state index in [4.69, 9.17) is 24.7 Å².